The molecule has 3 nitrogen and oxygen atoms in total. The number of nitriles is 1. The Morgan fingerprint density at radius 1 is 1.35 bits per heavy atom. The van der Waals surface area contributed by atoms with E-state index >= 15 is 0 Å². The van der Waals surface area contributed by atoms with Crippen LogP contribution in [-0.4, -0.2) is 15.8 Å². The average Bonchev–Trinajstić information content (AvgIpc) is 2.47. The zero-order valence-electron chi connectivity index (χ0n) is 9.64. The molecule has 0 radical (unpaired) electrons. The van der Waals surface area contributed by atoms with Crippen LogP contribution in [0.15, 0.2) is 41.5 Å². The van der Waals surface area contributed by atoms with Crippen molar-refractivity contribution in [2.45, 2.75) is 19.6 Å². The molecule has 1 atom stereocenters. The molecule has 0 saturated carbocycles. The predicted molar refractivity (Wildman–Crippen MR) is 70.5 cm³/mol. The van der Waals surface area contributed by atoms with Gasteiger partial charge in [-0.2, -0.15) is 5.26 Å². The van der Waals surface area contributed by atoms with Crippen molar-refractivity contribution >= 4 is 22.9 Å². The van der Waals surface area contributed by atoms with Crippen molar-refractivity contribution in [3.63, 3.8) is 0 Å². The van der Waals surface area contributed by atoms with Gasteiger partial charge in [-0.05, 0) is 31.6 Å². The van der Waals surface area contributed by atoms with Gasteiger partial charge in [0.2, 0.25) is 0 Å². The maximum Gasteiger partial charge on any atom is 0.163 e. The lowest BCUT2D eigenvalue weighted by molar-refractivity contribution is 0.114. The third-order valence-electron chi connectivity index (χ3n) is 3.06. The van der Waals surface area contributed by atoms with Gasteiger partial charge in [0.1, 0.15) is 11.1 Å². The van der Waals surface area contributed by atoms with Gasteiger partial charge in [0.25, 0.3) is 0 Å². The first-order valence-electron chi connectivity index (χ1n) is 5.23. The van der Waals surface area contributed by atoms with Crippen LogP contribution in [0.2, 0.25) is 0 Å². The van der Waals surface area contributed by atoms with E-state index in [-0.39, 0.29) is 0 Å². The lowest BCUT2D eigenvalue weighted by Crippen LogP contribution is -2.45. The van der Waals surface area contributed by atoms with E-state index < -0.39 is 5.72 Å². The summed E-state index contributed by atoms with van der Waals surface area (Å²) >= 11 is 5.25. The fraction of sp³-hybridized carbons (Fsp3) is 0.231. The molecule has 1 unspecified atom stereocenters. The zero-order chi connectivity index (χ0) is 12.6. The summed E-state index contributed by atoms with van der Waals surface area (Å²) in [5, 5.41) is 19.5. The Labute approximate surface area is 106 Å². The Morgan fingerprint density at radius 3 is 2.41 bits per heavy atom. The zero-order valence-corrected chi connectivity index (χ0v) is 10.5. The van der Waals surface area contributed by atoms with E-state index in [1.165, 1.54) is 0 Å². The first kappa shape index (κ1) is 11.8. The fourth-order valence-corrected chi connectivity index (χ4v) is 2.43. The van der Waals surface area contributed by atoms with Gasteiger partial charge in [0.15, 0.2) is 5.72 Å². The molecule has 2 rings (SSSR count). The summed E-state index contributed by atoms with van der Waals surface area (Å²) in [5.74, 6) is 0. The predicted octanol–water partition coefficient (Wildman–Crippen LogP) is 2.38. The van der Waals surface area contributed by atoms with Crippen LogP contribution < -0.4 is 4.90 Å². The molecule has 1 N–H and O–H groups in total. The topological polar surface area (TPSA) is 47.3 Å². The molecule has 17 heavy (non-hydrogen) atoms. The van der Waals surface area contributed by atoms with Gasteiger partial charge < -0.3 is 5.11 Å². The minimum absolute atomic E-state index is 0.376. The van der Waals surface area contributed by atoms with Crippen LogP contribution in [0.5, 0.6) is 0 Å². The van der Waals surface area contributed by atoms with Crippen LogP contribution in [0.1, 0.15) is 13.8 Å². The van der Waals surface area contributed by atoms with Gasteiger partial charge in [0.05, 0.1) is 5.57 Å². The lowest BCUT2D eigenvalue weighted by Gasteiger charge is -2.33. The van der Waals surface area contributed by atoms with Crippen LogP contribution in [0, 0.1) is 11.3 Å². The van der Waals surface area contributed by atoms with Crippen LogP contribution in [0.4, 0.5) is 5.69 Å². The fourth-order valence-electron chi connectivity index (χ4n) is 1.95. The van der Waals surface area contributed by atoms with E-state index in [0.29, 0.717) is 16.1 Å². The van der Waals surface area contributed by atoms with Crippen molar-refractivity contribution in [1.82, 2.24) is 0 Å². The Morgan fingerprint density at radius 2 is 1.94 bits per heavy atom. The second kappa shape index (κ2) is 3.95. The summed E-state index contributed by atoms with van der Waals surface area (Å²) in [7, 11) is 0. The van der Waals surface area contributed by atoms with Crippen molar-refractivity contribution in [3.8, 4) is 6.07 Å². The Bertz CT molecular complexity index is 540. The maximum absolute atomic E-state index is 10.5. The van der Waals surface area contributed by atoms with Gasteiger partial charge in [-0.25, -0.2) is 0 Å². The second-order valence-electron chi connectivity index (χ2n) is 4.11. The minimum atomic E-state index is -1.23. The molecule has 0 saturated heterocycles. The quantitative estimate of drug-likeness (QED) is 0.770. The van der Waals surface area contributed by atoms with Crippen molar-refractivity contribution in [2.75, 3.05) is 4.90 Å². The molecule has 0 amide bonds. The largest absolute Gasteiger partial charge is 0.367 e. The van der Waals surface area contributed by atoms with E-state index in [1.807, 2.05) is 30.3 Å². The number of thiocarbonyl (C=S) groups is 1. The van der Waals surface area contributed by atoms with E-state index in [9.17, 15) is 5.11 Å². The molecule has 1 aliphatic heterocycles. The van der Waals surface area contributed by atoms with Crippen molar-refractivity contribution in [3.05, 3.63) is 41.5 Å². The number of anilines is 1. The van der Waals surface area contributed by atoms with Gasteiger partial charge in [0, 0.05) is 5.69 Å². The normalized spacial score (nSPS) is 24.1. The molecule has 0 aromatic heterocycles. The number of benzene rings is 1. The summed E-state index contributed by atoms with van der Waals surface area (Å²) in [5.41, 5.74) is 0.526. The molecule has 1 aliphatic rings. The molecule has 86 valence electrons. The highest BCUT2D eigenvalue weighted by atomic mass is 32.1. The molecule has 0 aliphatic carbocycles. The molecule has 0 spiro atoms. The van der Waals surface area contributed by atoms with E-state index in [1.54, 1.807) is 18.7 Å². The summed E-state index contributed by atoms with van der Waals surface area (Å²) in [4.78, 5) is 1.98. The Balaban J connectivity index is 2.55. The number of hydrogen-bond donors (Lipinski definition) is 1. The van der Waals surface area contributed by atoms with Gasteiger partial charge in [-0.15, -0.1) is 0 Å². The number of aliphatic hydroxyl groups is 1. The third-order valence-corrected chi connectivity index (χ3v) is 3.45. The molecule has 1 aromatic rings. The Hall–Kier alpha value is -1.70. The monoisotopic (exact) mass is 244 g/mol. The molecular formula is C13H12N2OS. The highest BCUT2D eigenvalue weighted by Gasteiger charge is 2.43. The smallest absolute Gasteiger partial charge is 0.163 e. The van der Waals surface area contributed by atoms with E-state index in [4.69, 9.17) is 17.5 Å². The van der Waals surface area contributed by atoms with Crippen molar-refractivity contribution < 1.29 is 5.11 Å². The Kier molecular flexibility index (Phi) is 2.74. The highest BCUT2D eigenvalue weighted by Crippen LogP contribution is 2.37. The minimum Gasteiger partial charge on any atom is -0.367 e. The van der Waals surface area contributed by atoms with Crippen LogP contribution in [-0.2, 0) is 0 Å². The summed E-state index contributed by atoms with van der Waals surface area (Å²) in [6.45, 7) is 3.37. The third kappa shape index (κ3) is 1.64. The van der Waals surface area contributed by atoms with E-state index in [0.717, 1.165) is 5.69 Å². The summed E-state index contributed by atoms with van der Waals surface area (Å²) in [6, 6.07) is 11.4. The first-order valence-corrected chi connectivity index (χ1v) is 5.64. The molecule has 0 bridgehead atoms. The van der Waals surface area contributed by atoms with Crippen LogP contribution in [0.3, 0.4) is 0 Å². The summed E-state index contributed by atoms with van der Waals surface area (Å²) in [6.07, 6.45) is 0. The molecule has 4 heteroatoms. The highest BCUT2D eigenvalue weighted by molar-refractivity contribution is 7.81. The second-order valence-corrected chi connectivity index (χ2v) is 4.50. The van der Waals surface area contributed by atoms with Crippen molar-refractivity contribution in [2.24, 2.45) is 0 Å². The number of nitrogens with zero attached hydrogens (tertiary/aromatic N) is 2. The van der Waals surface area contributed by atoms with Gasteiger partial charge in [-0.1, -0.05) is 30.4 Å². The van der Waals surface area contributed by atoms with Gasteiger partial charge in [-0.3, -0.25) is 4.90 Å². The lowest BCUT2D eigenvalue weighted by atomic mass is 10.1. The number of rotatable bonds is 1. The van der Waals surface area contributed by atoms with Crippen LogP contribution >= 0.6 is 12.2 Å². The molecule has 0 fully saturated rings. The molecular weight excluding hydrogens is 232 g/mol. The first-order chi connectivity index (χ1) is 8.00. The maximum atomic E-state index is 10.5. The number of para-hydroxylation sites is 1. The summed E-state index contributed by atoms with van der Waals surface area (Å²) < 4.78 is 0. The van der Waals surface area contributed by atoms with Gasteiger partial charge >= 0.3 is 0 Å². The van der Waals surface area contributed by atoms with Crippen LogP contribution in [0.25, 0.3) is 0 Å². The standard InChI is InChI=1S/C13H12N2OS/c1-9-11(8-14)12(17)15(13(9,2)16)10-6-4-3-5-7-10/h3-7,16H,1-2H3. The molecule has 1 aromatic carbocycles. The SMILES string of the molecule is CC1=C(C#N)C(=S)N(c2ccccc2)C1(C)O. The van der Waals surface area contributed by atoms with E-state index in [2.05, 4.69) is 6.07 Å². The average molecular weight is 244 g/mol. The van der Waals surface area contributed by atoms with Crippen molar-refractivity contribution in [1.29, 1.82) is 5.26 Å². The molecule has 1 heterocycles. The number of hydrogen-bond acceptors (Lipinski definition) is 3.